The summed E-state index contributed by atoms with van der Waals surface area (Å²) in [7, 11) is -7.12. The third kappa shape index (κ3) is 3.55. The minimum atomic E-state index is -4.36. The smallest absolute Gasteiger partial charge is 0.269 e. The van der Waals surface area contributed by atoms with Crippen LogP contribution in [0.15, 0.2) is 64.4 Å². The number of anilines is 1. The van der Waals surface area contributed by atoms with Gasteiger partial charge in [0.05, 0.1) is 26.9 Å². The van der Waals surface area contributed by atoms with Crippen LogP contribution in [-0.4, -0.2) is 38.0 Å². The Morgan fingerprint density at radius 2 is 1.63 bits per heavy atom. The third-order valence-electron chi connectivity index (χ3n) is 4.48. The molecule has 3 rings (SSSR count). The van der Waals surface area contributed by atoms with Crippen molar-refractivity contribution in [3.63, 3.8) is 0 Å². The summed E-state index contributed by atoms with van der Waals surface area (Å²) in [5.41, 5.74) is -0.147. The number of rotatable bonds is 6. The van der Waals surface area contributed by atoms with Gasteiger partial charge in [-0.2, -0.15) is 17.6 Å². The van der Waals surface area contributed by atoms with Gasteiger partial charge in [-0.3, -0.25) is 14.4 Å². The molecule has 1 heterocycles. The number of aromatic nitrogens is 2. The first-order chi connectivity index (χ1) is 14.0. The van der Waals surface area contributed by atoms with Gasteiger partial charge in [-0.1, -0.05) is 24.3 Å². The zero-order chi connectivity index (χ0) is 22.3. The molecule has 3 aromatic rings. The van der Waals surface area contributed by atoms with Crippen LogP contribution in [0.4, 0.5) is 11.4 Å². The van der Waals surface area contributed by atoms with Crippen LogP contribution in [0.1, 0.15) is 11.4 Å². The monoisotopic (exact) mass is 450 g/mol. The molecule has 0 aliphatic rings. The zero-order valence-corrected chi connectivity index (χ0v) is 17.9. The molecule has 158 valence electrons. The molecule has 0 N–H and O–H groups in total. The zero-order valence-electron chi connectivity index (χ0n) is 16.3. The van der Waals surface area contributed by atoms with Crippen LogP contribution in [-0.2, 0) is 20.0 Å². The molecular formula is C18H18N4O6S2. The summed E-state index contributed by atoms with van der Waals surface area (Å²) in [6.45, 7) is 2.71. The highest BCUT2D eigenvalue weighted by molar-refractivity contribution is 7.93. The minimum absolute atomic E-state index is 0.00992. The number of hydrogen-bond acceptors (Lipinski definition) is 7. The molecule has 0 radical (unpaired) electrons. The van der Waals surface area contributed by atoms with Crippen molar-refractivity contribution in [2.24, 2.45) is 0 Å². The predicted molar refractivity (Wildman–Crippen MR) is 109 cm³/mol. The highest BCUT2D eigenvalue weighted by Gasteiger charge is 2.33. The Balaban J connectivity index is 2.14. The molecule has 0 aliphatic heterocycles. The average Bonchev–Trinajstić information content (AvgIpc) is 3.03. The van der Waals surface area contributed by atoms with Crippen LogP contribution >= 0.6 is 0 Å². The van der Waals surface area contributed by atoms with Crippen LogP contribution in [0, 0.1) is 24.0 Å². The van der Waals surface area contributed by atoms with E-state index in [9.17, 15) is 26.9 Å². The Bertz CT molecular complexity index is 1330. The van der Waals surface area contributed by atoms with Gasteiger partial charge < -0.3 is 0 Å². The van der Waals surface area contributed by atoms with Crippen LogP contribution in [0.2, 0.25) is 0 Å². The molecule has 12 heteroatoms. The highest BCUT2D eigenvalue weighted by Crippen LogP contribution is 2.29. The fraction of sp³-hybridized carbons (Fsp3) is 0.167. The Morgan fingerprint density at radius 3 is 2.23 bits per heavy atom. The molecule has 2 aromatic carbocycles. The fourth-order valence-corrected chi connectivity index (χ4v) is 5.99. The molecule has 0 fully saturated rings. The molecule has 0 spiro atoms. The Kier molecular flexibility index (Phi) is 5.39. The topological polar surface area (TPSA) is 132 Å². The molecule has 0 atom stereocenters. The second-order valence-electron chi connectivity index (χ2n) is 6.41. The summed E-state index contributed by atoms with van der Waals surface area (Å²) in [6.07, 6.45) is 0. The van der Waals surface area contributed by atoms with Gasteiger partial charge in [-0.25, -0.2) is 8.42 Å². The van der Waals surface area contributed by atoms with Crippen molar-refractivity contribution in [1.82, 2.24) is 9.19 Å². The first-order valence-electron chi connectivity index (χ1n) is 8.58. The number of non-ortho nitro benzene ring substituents is 1. The SMILES string of the molecule is Cc1nn(S(=O)(=O)c2cccc([N+](=O)[O-])c2)c(C)c1S(=O)(=O)N(C)c1ccccc1. The number of nitro groups is 1. The van der Waals surface area contributed by atoms with Crippen LogP contribution in [0.5, 0.6) is 0 Å². The summed E-state index contributed by atoms with van der Waals surface area (Å²) in [6, 6.07) is 12.8. The van der Waals surface area contributed by atoms with E-state index in [1.54, 1.807) is 30.3 Å². The van der Waals surface area contributed by atoms with Gasteiger partial charge in [0.1, 0.15) is 4.90 Å². The second kappa shape index (κ2) is 7.54. The predicted octanol–water partition coefficient (Wildman–Crippen LogP) is 2.47. The largest absolute Gasteiger partial charge is 0.283 e. The van der Waals surface area contributed by atoms with Crippen molar-refractivity contribution < 1.29 is 21.8 Å². The Morgan fingerprint density at radius 1 is 1.00 bits per heavy atom. The Labute approximate surface area is 173 Å². The van der Waals surface area contributed by atoms with E-state index in [1.165, 1.54) is 33.0 Å². The minimum Gasteiger partial charge on any atom is -0.269 e. The maximum absolute atomic E-state index is 13.2. The number of benzene rings is 2. The van der Waals surface area contributed by atoms with E-state index >= 15 is 0 Å². The van der Waals surface area contributed by atoms with E-state index in [-0.39, 0.29) is 21.2 Å². The first kappa shape index (κ1) is 21.5. The molecule has 0 unspecified atom stereocenters. The average molecular weight is 450 g/mol. The van der Waals surface area contributed by atoms with Crippen molar-refractivity contribution in [3.8, 4) is 0 Å². The first-order valence-corrected chi connectivity index (χ1v) is 11.5. The van der Waals surface area contributed by atoms with Crippen molar-refractivity contribution >= 4 is 31.4 Å². The lowest BCUT2D eigenvalue weighted by Gasteiger charge is -2.19. The van der Waals surface area contributed by atoms with Crippen LogP contribution in [0.3, 0.4) is 0 Å². The number of para-hydroxylation sites is 1. The molecule has 0 aliphatic carbocycles. The van der Waals surface area contributed by atoms with Crippen LogP contribution < -0.4 is 4.31 Å². The summed E-state index contributed by atoms with van der Waals surface area (Å²) in [5, 5.41) is 14.9. The normalized spacial score (nSPS) is 12.0. The highest BCUT2D eigenvalue weighted by atomic mass is 32.2. The van der Waals surface area contributed by atoms with E-state index in [0.29, 0.717) is 9.77 Å². The van der Waals surface area contributed by atoms with Crippen molar-refractivity contribution in [2.75, 3.05) is 11.4 Å². The summed E-state index contributed by atoms with van der Waals surface area (Å²) >= 11 is 0. The van der Waals surface area contributed by atoms with Gasteiger partial charge in [0.15, 0.2) is 0 Å². The van der Waals surface area contributed by atoms with E-state index in [0.717, 1.165) is 16.4 Å². The third-order valence-corrected chi connectivity index (χ3v) is 8.18. The Hall–Kier alpha value is -3.25. The number of hydrogen-bond donors (Lipinski definition) is 0. The van der Waals surface area contributed by atoms with Crippen molar-refractivity contribution in [2.45, 2.75) is 23.6 Å². The van der Waals surface area contributed by atoms with Gasteiger partial charge >= 0.3 is 0 Å². The molecule has 0 saturated heterocycles. The van der Waals surface area contributed by atoms with Crippen LogP contribution in [0.25, 0.3) is 0 Å². The molecule has 10 nitrogen and oxygen atoms in total. The maximum atomic E-state index is 13.2. The van der Waals surface area contributed by atoms with Gasteiger partial charge in [-0.05, 0) is 32.0 Å². The van der Waals surface area contributed by atoms with E-state index in [1.807, 2.05) is 0 Å². The van der Waals surface area contributed by atoms with Crippen molar-refractivity contribution in [3.05, 3.63) is 76.1 Å². The summed E-state index contributed by atoms with van der Waals surface area (Å²) in [4.78, 5) is 9.65. The second-order valence-corrected chi connectivity index (χ2v) is 10.1. The molecule has 1 aromatic heterocycles. The summed E-state index contributed by atoms with van der Waals surface area (Å²) in [5.74, 6) is 0. The van der Waals surface area contributed by atoms with Gasteiger partial charge in [-0.15, -0.1) is 0 Å². The van der Waals surface area contributed by atoms with Gasteiger partial charge in [0.25, 0.3) is 25.7 Å². The lowest BCUT2D eigenvalue weighted by molar-refractivity contribution is -0.385. The number of nitro benzene ring substituents is 1. The molecule has 0 saturated carbocycles. The molecule has 30 heavy (non-hydrogen) atoms. The standard InChI is InChI=1S/C18H18N4O6S2/c1-13-18(30(27,28)20(3)15-8-5-4-6-9-15)14(2)21(19-13)29(25,26)17-11-7-10-16(12-17)22(23)24/h4-12H,1-3H3. The van der Waals surface area contributed by atoms with E-state index in [2.05, 4.69) is 5.10 Å². The maximum Gasteiger partial charge on any atom is 0.283 e. The number of sulfonamides is 1. The molecule has 0 amide bonds. The van der Waals surface area contributed by atoms with E-state index in [4.69, 9.17) is 0 Å². The lowest BCUT2D eigenvalue weighted by atomic mass is 10.3. The fourth-order valence-electron chi connectivity index (χ4n) is 2.98. The van der Waals surface area contributed by atoms with Gasteiger partial charge in [0.2, 0.25) is 0 Å². The van der Waals surface area contributed by atoms with E-state index < -0.39 is 30.7 Å². The summed E-state index contributed by atoms with van der Waals surface area (Å²) < 4.78 is 54.1. The number of nitrogens with zero attached hydrogens (tertiary/aromatic N) is 4. The molecule has 0 bridgehead atoms. The molecular weight excluding hydrogens is 432 g/mol. The quantitative estimate of drug-likeness (QED) is 0.416. The van der Waals surface area contributed by atoms with Gasteiger partial charge in [0, 0.05) is 19.2 Å². The lowest BCUT2D eigenvalue weighted by Crippen LogP contribution is -2.27. The number of aryl methyl sites for hydroxylation is 1. The van der Waals surface area contributed by atoms with Crippen molar-refractivity contribution in [1.29, 1.82) is 0 Å².